The SMILES string of the molecule is CCCCCCOC(=O)/C=C/C(=O)OOOC(C)(C)C. The van der Waals surface area contributed by atoms with Gasteiger partial charge in [-0.05, 0) is 32.2 Å². The van der Waals surface area contributed by atoms with Crippen molar-refractivity contribution in [3.05, 3.63) is 12.2 Å². The molecule has 0 saturated heterocycles. The van der Waals surface area contributed by atoms with Crippen molar-refractivity contribution in [2.24, 2.45) is 0 Å². The van der Waals surface area contributed by atoms with Crippen LogP contribution in [0.3, 0.4) is 0 Å². The van der Waals surface area contributed by atoms with Crippen LogP contribution in [0.4, 0.5) is 0 Å². The number of ether oxygens (including phenoxy) is 1. The molecule has 0 rings (SSSR count). The van der Waals surface area contributed by atoms with Crippen molar-refractivity contribution in [3.8, 4) is 0 Å². The third-order valence-corrected chi connectivity index (χ3v) is 2.00. The highest BCUT2D eigenvalue weighted by Gasteiger charge is 2.13. The number of carbonyl (C=O) groups excluding carboxylic acids is 2. The first-order valence-corrected chi connectivity index (χ1v) is 6.76. The Bertz CT molecular complexity index is 316. The molecule has 0 aliphatic rings. The van der Waals surface area contributed by atoms with Crippen molar-refractivity contribution < 1.29 is 29.1 Å². The van der Waals surface area contributed by atoms with Gasteiger partial charge >= 0.3 is 11.9 Å². The van der Waals surface area contributed by atoms with Gasteiger partial charge in [0.2, 0.25) is 0 Å². The van der Waals surface area contributed by atoms with Crippen molar-refractivity contribution in [2.75, 3.05) is 6.61 Å². The van der Waals surface area contributed by atoms with Crippen LogP contribution in [0, 0.1) is 0 Å². The standard InChI is InChI=1S/C14H24O6/c1-5-6-7-8-11-17-12(15)9-10-13(16)18-20-19-14(2,3)4/h9-10H,5-8,11H2,1-4H3/b10-9+. The molecule has 6 heteroatoms. The molecule has 0 aromatic heterocycles. The van der Waals surface area contributed by atoms with Crippen LogP contribution >= 0.6 is 0 Å². The van der Waals surface area contributed by atoms with Crippen LogP contribution in [0.25, 0.3) is 0 Å². The highest BCUT2D eigenvalue weighted by Crippen LogP contribution is 2.07. The maximum atomic E-state index is 11.2. The molecule has 0 aliphatic carbocycles. The third kappa shape index (κ3) is 13.0. The number of carbonyl (C=O) groups is 2. The van der Waals surface area contributed by atoms with Gasteiger partial charge in [-0.25, -0.2) is 9.59 Å². The van der Waals surface area contributed by atoms with Crippen LogP contribution in [0.1, 0.15) is 53.4 Å². The van der Waals surface area contributed by atoms with E-state index in [0.29, 0.717) is 6.61 Å². The molecule has 0 saturated carbocycles. The van der Waals surface area contributed by atoms with Gasteiger partial charge in [0.05, 0.1) is 12.2 Å². The van der Waals surface area contributed by atoms with E-state index in [1.165, 1.54) is 0 Å². The maximum absolute atomic E-state index is 11.2. The monoisotopic (exact) mass is 288 g/mol. The fourth-order valence-corrected chi connectivity index (χ4v) is 1.07. The van der Waals surface area contributed by atoms with E-state index in [1.54, 1.807) is 20.8 Å². The van der Waals surface area contributed by atoms with Crippen LogP contribution in [0.15, 0.2) is 12.2 Å². The average Bonchev–Trinajstić information content (AvgIpc) is 2.34. The lowest BCUT2D eigenvalue weighted by Crippen LogP contribution is -2.20. The fraction of sp³-hybridized carbons (Fsp3) is 0.714. The minimum absolute atomic E-state index is 0.349. The Kier molecular flexibility index (Phi) is 9.67. The molecule has 0 fully saturated rings. The highest BCUT2D eigenvalue weighted by molar-refractivity contribution is 5.91. The van der Waals surface area contributed by atoms with Gasteiger partial charge in [-0.15, -0.1) is 0 Å². The smallest absolute Gasteiger partial charge is 0.369 e. The first kappa shape index (κ1) is 18.6. The predicted octanol–water partition coefficient (Wildman–Crippen LogP) is 2.87. The molecule has 0 N–H and O–H groups in total. The van der Waals surface area contributed by atoms with Gasteiger partial charge in [-0.2, -0.15) is 4.89 Å². The molecule has 0 amide bonds. The fourth-order valence-electron chi connectivity index (χ4n) is 1.07. The second-order valence-corrected chi connectivity index (χ2v) is 5.23. The Labute approximate surface area is 119 Å². The van der Waals surface area contributed by atoms with Crippen LogP contribution in [-0.4, -0.2) is 24.1 Å². The lowest BCUT2D eigenvalue weighted by Gasteiger charge is -2.14. The zero-order chi connectivity index (χ0) is 15.4. The van der Waals surface area contributed by atoms with E-state index in [9.17, 15) is 9.59 Å². The summed E-state index contributed by atoms with van der Waals surface area (Å²) in [6, 6.07) is 0. The number of rotatable bonds is 9. The highest BCUT2D eigenvalue weighted by atomic mass is 17.5. The van der Waals surface area contributed by atoms with Crippen molar-refractivity contribution in [1.82, 2.24) is 0 Å². The van der Waals surface area contributed by atoms with E-state index < -0.39 is 17.5 Å². The Morgan fingerprint density at radius 1 is 1.00 bits per heavy atom. The molecule has 0 aliphatic heterocycles. The van der Waals surface area contributed by atoms with Gasteiger partial charge in [0.25, 0.3) is 0 Å². The quantitative estimate of drug-likeness (QED) is 0.213. The largest absolute Gasteiger partial charge is 0.463 e. The van der Waals surface area contributed by atoms with Gasteiger partial charge in [-0.3, -0.25) is 4.89 Å². The van der Waals surface area contributed by atoms with Gasteiger partial charge in [-0.1, -0.05) is 26.2 Å². The van der Waals surface area contributed by atoms with Crippen LogP contribution in [0.5, 0.6) is 0 Å². The second kappa shape index (κ2) is 10.4. The second-order valence-electron chi connectivity index (χ2n) is 5.23. The summed E-state index contributed by atoms with van der Waals surface area (Å²) in [7, 11) is 0. The molecule has 0 atom stereocenters. The van der Waals surface area contributed by atoms with E-state index in [4.69, 9.17) is 9.62 Å². The Morgan fingerprint density at radius 2 is 1.65 bits per heavy atom. The molecule has 0 aromatic carbocycles. The normalized spacial score (nSPS) is 11.6. The van der Waals surface area contributed by atoms with Gasteiger partial charge < -0.3 is 4.74 Å². The number of unbranched alkanes of at least 4 members (excludes halogenated alkanes) is 3. The summed E-state index contributed by atoms with van der Waals surface area (Å²) in [5.41, 5.74) is -0.596. The van der Waals surface area contributed by atoms with E-state index >= 15 is 0 Å². The maximum Gasteiger partial charge on any atom is 0.369 e. The first-order chi connectivity index (χ1) is 9.35. The minimum atomic E-state index is -0.850. The van der Waals surface area contributed by atoms with Crippen molar-refractivity contribution >= 4 is 11.9 Å². The molecular formula is C14H24O6. The topological polar surface area (TPSA) is 71.1 Å². The minimum Gasteiger partial charge on any atom is -0.463 e. The summed E-state index contributed by atoms with van der Waals surface area (Å²) in [5, 5.41) is 4.26. The molecule has 20 heavy (non-hydrogen) atoms. The first-order valence-electron chi connectivity index (χ1n) is 6.76. The summed E-state index contributed by atoms with van der Waals surface area (Å²) < 4.78 is 4.89. The number of hydrogen-bond donors (Lipinski definition) is 0. The molecule has 0 heterocycles. The van der Waals surface area contributed by atoms with E-state index in [1.807, 2.05) is 0 Å². The molecule has 0 aromatic rings. The van der Waals surface area contributed by atoms with Crippen molar-refractivity contribution in [2.45, 2.75) is 59.0 Å². The van der Waals surface area contributed by atoms with Gasteiger partial charge in [0, 0.05) is 12.2 Å². The molecule has 0 spiro atoms. The zero-order valence-electron chi connectivity index (χ0n) is 12.6. The average molecular weight is 288 g/mol. The third-order valence-electron chi connectivity index (χ3n) is 2.00. The molecule has 0 bridgehead atoms. The Morgan fingerprint density at radius 3 is 2.25 bits per heavy atom. The molecular weight excluding hydrogens is 264 g/mol. The van der Waals surface area contributed by atoms with E-state index in [2.05, 4.69) is 16.8 Å². The Hall–Kier alpha value is -1.40. The molecule has 0 unspecified atom stereocenters. The van der Waals surface area contributed by atoms with Crippen molar-refractivity contribution in [3.63, 3.8) is 0 Å². The van der Waals surface area contributed by atoms with Crippen LogP contribution in [0.2, 0.25) is 0 Å². The molecule has 0 radical (unpaired) electrons. The zero-order valence-corrected chi connectivity index (χ0v) is 12.6. The number of hydrogen-bond acceptors (Lipinski definition) is 6. The van der Waals surface area contributed by atoms with Crippen LogP contribution in [-0.2, 0) is 29.1 Å². The molecule has 116 valence electrons. The summed E-state index contributed by atoms with van der Waals surface area (Å²) in [6.07, 6.45) is 5.98. The molecule has 6 nitrogen and oxygen atoms in total. The number of esters is 1. The van der Waals surface area contributed by atoms with Crippen molar-refractivity contribution in [1.29, 1.82) is 0 Å². The summed E-state index contributed by atoms with van der Waals surface area (Å²) in [4.78, 5) is 31.3. The van der Waals surface area contributed by atoms with E-state index in [-0.39, 0.29) is 0 Å². The lowest BCUT2D eigenvalue weighted by molar-refractivity contribution is -0.513. The predicted molar refractivity (Wildman–Crippen MR) is 72.3 cm³/mol. The summed E-state index contributed by atoms with van der Waals surface area (Å²) >= 11 is 0. The van der Waals surface area contributed by atoms with Crippen LogP contribution < -0.4 is 0 Å². The van der Waals surface area contributed by atoms with Gasteiger partial charge in [0.1, 0.15) is 0 Å². The van der Waals surface area contributed by atoms with E-state index in [0.717, 1.165) is 37.8 Å². The Balaban J connectivity index is 3.70. The van der Waals surface area contributed by atoms with Gasteiger partial charge in [0.15, 0.2) is 0 Å². The summed E-state index contributed by atoms with van der Waals surface area (Å²) in [6.45, 7) is 7.64. The summed E-state index contributed by atoms with van der Waals surface area (Å²) in [5.74, 6) is -1.44. The lowest BCUT2D eigenvalue weighted by atomic mass is 10.2.